The lowest BCUT2D eigenvalue weighted by atomic mass is 9.87. The highest BCUT2D eigenvalue weighted by molar-refractivity contribution is 5.81. The summed E-state index contributed by atoms with van der Waals surface area (Å²) in [5.41, 5.74) is 0.955. The zero-order chi connectivity index (χ0) is 20.0. The Morgan fingerprint density at radius 2 is 1.43 bits per heavy atom. The van der Waals surface area contributed by atoms with Gasteiger partial charge in [0, 0.05) is 0 Å². The molecule has 1 fully saturated rings. The summed E-state index contributed by atoms with van der Waals surface area (Å²) in [7, 11) is 3.25. The number of ether oxygens (including phenoxy) is 4. The van der Waals surface area contributed by atoms with Gasteiger partial charge in [0.25, 0.3) is 0 Å². The van der Waals surface area contributed by atoms with E-state index in [-0.39, 0.29) is 5.97 Å². The fourth-order valence-corrected chi connectivity index (χ4v) is 3.43. The van der Waals surface area contributed by atoms with Gasteiger partial charge in [-0.15, -0.1) is 0 Å². The number of benzene rings is 2. The van der Waals surface area contributed by atoms with E-state index in [1.54, 1.807) is 14.2 Å². The Morgan fingerprint density at radius 1 is 0.893 bits per heavy atom. The predicted molar refractivity (Wildman–Crippen MR) is 107 cm³/mol. The van der Waals surface area contributed by atoms with Crippen molar-refractivity contribution >= 4 is 5.97 Å². The second kappa shape index (κ2) is 9.11. The maximum Gasteiger partial charge on any atom is 0.339 e. The van der Waals surface area contributed by atoms with Gasteiger partial charge in [-0.2, -0.15) is 0 Å². The first-order chi connectivity index (χ1) is 13.7. The van der Waals surface area contributed by atoms with Crippen LogP contribution in [0, 0.1) is 0 Å². The first kappa shape index (κ1) is 20.2. The third-order valence-electron chi connectivity index (χ3n) is 5.11. The van der Waals surface area contributed by atoms with Crippen LogP contribution in [-0.2, 0) is 19.9 Å². The number of carbonyl (C=O) groups is 1. The Hall–Kier alpha value is -2.53. The molecule has 0 N–H and O–H groups in total. The molecule has 1 heterocycles. The molecule has 0 saturated carbocycles. The van der Waals surface area contributed by atoms with Gasteiger partial charge in [-0.05, 0) is 41.8 Å². The Morgan fingerprint density at radius 3 is 1.89 bits per heavy atom. The van der Waals surface area contributed by atoms with Crippen molar-refractivity contribution in [3.8, 4) is 11.5 Å². The topological polar surface area (TPSA) is 57.3 Å². The SMILES string of the molecule is CCCCCCOC(=O)C1OC1(c1ccc(OC)cc1)c1ccc(OC)cc1. The molecule has 0 spiro atoms. The van der Waals surface area contributed by atoms with E-state index in [1.807, 2.05) is 48.5 Å². The molecule has 1 saturated heterocycles. The second-order valence-electron chi connectivity index (χ2n) is 6.92. The molecule has 2 aromatic rings. The molecular weight excluding hydrogens is 356 g/mol. The number of methoxy groups -OCH3 is 2. The van der Waals surface area contributed by atoms with Gasteiger partial charge in [-0.1, -0.05) is 50.5 Å². The smallest absolute Gasteiger partial charge is 0.339 e. The van der Waals surface area contributed by atoms with E-state index in [0.29, 0.717) is 6.61 Å². The van der Waals surface area contributed by atoms with E-state index in [0.717, 1.165) is 48.3 Å². The molecule has 2 aromatic carbocycles. The Balaban J connectivity index is 1.79. The molecule has 3 rings (SSSR count). The summed E-state index contributed by atoms with van der Waals surface area (Å²) in [5, 5.41) is 0. The first-order valence-electron chi connectivity index (χ1n) is 9.79. The van der Waals surface area contributed by atoms with Gasteiger partial charge < -0.3 is 18.9 Å². The minimum Gasteiger partial charge on any atom is -0.497 e. The van der Waals surface area contributed by atoms with Gasteiger partial charge in [0.05, 0.1) is 20.8 Å². The predicted octanol–water partition coefficient (Wildman–Crippen LogP) is 4.47. The number of esters is 1. The minimum atomic E-state index is -0.834. The average Bonchev–Trinajstić information content (AvgIpc) is 3.50. The summed E-state index contributed by atoms with van der Waals surface area (Å²) in [5.74, 6) is 1.19. The zero-order valence-corrected chi connectivity index (χ0v) is 16.8. The van der Waals surface area contributed by atoms with Crippen molar-refractivity contribution in [2.24, 2.45) is 0 Å². The molecule has 0 bridgehead atoms. The van der Waals surface area contributed by atoms with Crippen molar-refractivity contribution in [2.45, 2.75) is 44.3 Å². The van der Waals surface area contributed by atoms with Crippen LogP contribution in [0.3, 0.4) is 0 Å². The van der Waals surface area contributed by atoms with Gasteiger partial charge in [0.1, 0.15) is 11.5 Å². The summed E-state index contributed by atoms with van der Waals surface area (Å²) in [6, 6.07) is 15.2. The number of hydrogen-bond donors (Lipinski definition) is 0. The lowest BCUT2D eigenvalue weighted by molar-refractivity contribution is -0.145. The van der Waals surface area contributed by atoms with Gasteiger partial charge in [0.15, 0.2) is 11.7 Å². The van der Waals surface area contributed by atoms with Crippen LogP contribution in [0.1, 0.15) is 43.7 Å². The molecular formula is C23H28O5. The van der Waals surface area contributed by atoms with Gasteiger partial charge in [0.2, 0.25) is 0 Å². The zero-order valence-electron chi connectivity index (χ0n) is 16.8. The van der Waals surface area contributed by atoms with Crippen LogP contribution in [0.2, 0.25) is 0 Å². The highest BCUT2D eigenvalue weighted by Gasteiger charge is 2.64. The Bertz CT molecular complexity index is 719. The van der Waals surface area contributed by atoms with Crippen LogP contribution in [0.15, 0.2) is 48.5 Å². The van der Waals surface area contributed by atoms with Crippen LogP contribution < -0.4 is 9.47 Å². The summed E-state index contributed by atoms with van der Waals surface area (Å²) >= 11 is 0. The number of unbranched alkanes of at least 4 members (excludes halogenated alkanes) is 3. The number of carbonyl (C=O) groups excluding carboxylic acids is 1. The van der Waals surface area contributed by atoms with Gasteiger partial charge in [-0.3, -0.25) is 0 Å². The third-order valence-corrected chi connectivity index (χ3v) is 5.11. The van der Waals surface area contributed by atoms with Crippen molar-refractivity contribution in [1.82, 2.24) is 0 Å². The minimum absolute atomic E-state index is 0.317. The molecule has 5 nitrogen and oxygen atoms in total. The summed E-state index contributed by atoms with van der Waals surface area (Å²) in [6.45, 7) is 2.59. The molecule has 150 valence electrons. The summed E-state index contributed by atoms with van der Waals surface area (Å²) in [4.78, 5) is 12.6. The van der Waals surface area contributed by atoms with Crippen molar-refractivity contribution in [3.05, 3.63) is 59.7 Å². The van der Waals surface area contributed by atoms with Crippen LogP contribution >= 0.6 is 0 Å². The molecule has 0 radical (unpaired) electrons. The van der Waals surface area contributed by atoms with E-state index in [4.69, 9.17) is 18.9 Å². The average molecular weight is 384 g/mol. The van der Waals surface area contributed by atoms with Crippen LogP contribution in [0.4, 0.5) is 0 Å². The van der Waals surface area contributed by atoms with E-state index >= 15 is 0 Å². The molecule has 5 heteroatoms. The summed E-state index contributed by atoms with van der Waals surface area (Å²) in [6.07, 6.45) is 3.60. The van der Waals surface area contributed by atoms with Crippen LogP contribution in [-0.4, -0.2) is 32.9 Å². The van der Waals surface area contributed by atoms with Gasteiger partial charge in [-0.25, -0.2) is 4.79 Å². The highest BCUT2D eigenvalue weighted by Crippen LogP contribution is 2.52. The Kier molecular flexibility index (Phi) is 6.57. The molecule has 28 heavy (non-hydrogen) atoms. The monoisotopic (exact) mass is 384 g/mol. The lowest BCUT2D eigenvalue weighted by Crippen LogP contribution is -2.23. The normalized spacial score (nSPS) is 17.0. The van der Waals surface area contributed by atoms with Crippen molar-refractivity contribution in [3.63, 3.8) is 0 Å². The quantitative estimate of drug-likeness (QED) is 0.344. The third kappa shape index (κ3) is 4.14. The second-order valence-corrected chi connectivity index (χ2v) is 6.92. The van der Waals surface area contributed by atoms with Crippen molar-refractivity contribution in [2.75, 3.05) is 20.8 Å². The van der Waals surface area contributed by atoms with E-state index in [9.17, 15) is 4.79 Å². The van der Waals surface area contributed by atoms with E-state index in [2.05, 4.69) is 6.92 Å². The molecule has 0 aromatic heterocycles. The van der Waals surface area contributed by atoms with E-state index < -0.39 is 11.7 Å². The van der Waals surface area contributed by atoms with Crippen molar-refractivity contribution in [1.29, 1.82) is 0 Å². The number of rotatable bonds is 10. The maximum absolute atomic E-state index is 12.6. The van der Waals surface area contributed by atoms with Crippen LogP contribution in [0.5, 0.6) is 11.5 Å². The maximum atomic E-state index is 12.6. The molecule has 1 aliphatic heterocycles. The molecule has 1 atom stereocenters. The fourth-order valence-electron chi connectivity index (χ4n) is 3.43. The number of epoxide rings is 1. The first-order valence-corrected chi connectivity index (χ1v) is 9.79. The molecule has 0 aliphatic carbocycles. The lowest BCUT2D eigenvalue weighted by Gasteiger charge is -2.15. The fraction of sp³-hybridized carbons (Fsp3) is 0.435. The standard InChI is InChI=1S/C23H28O5/c1-4-5-6-7-16-27-22(24)21-23(28-21,17-8-12-19(25-2)13-9-17)18-10-14-20(26-3)15-11-18/h8-15,21H,4-7,16H2,1-3H3. The van der Waals surface area contributed by atoms with Gasteiger partial charge >= 0.3 is 5.97 Å². The summed E-state index contributed by atoms with van der Waals surface area (Å²) < 4.78 is 22.0. The largest absolute Gasteiger partial charge is 0.497 e. The molecule has 1 unspecified atom stereocenters. The van der Waals surface area contributed by atoms with Crippen LogP contribution in [0.25, 0.3) is 0 Å². The van der Waals surface area contributed by atoms with E-state index in [1.165, 1.54) is 0 Å². The molecule has 0 amide bonds. The highest BCUT2D eigenvalue weighted by atomic mass is 16.7. The van der Waals surface area contributed by atoms with Crippen molar-refractivity contribution < 1.29 is 23.7 Å². The Labute approximate surface area is 166 Å². The number of hydrogen-bond acceptors (Lipinski definition) is 5. The molecule has 1 aliphatic rings.